The summed E-state index contributed by atoms with van der Waals surface area (Å²) in [4.78, 5) is 26.6. The van der Waals surface area contributed by atoms with Crippen LogP contribution in [0.15, 0.2) is 6.33 Å². The van der Waals surface area contributed by atoms with Gasteiger partial charge in [-0.25, -0.2) is 4.98 Å². The van der Waals surface area contributed by atoms with Crippen molar-refractivity contribution in [3.8, 4) is 0 Å². The third-order valence-electron chi connectivity index (χ3n) is 2.91. The lowest BCUT2D eigenvalue weighted by Gasteiger charge is -2.05. The number of carbonyl (C=O) groups is 1. The molecule has 7 nitrogen and oxygen atoms in total. The van der Waals surface area contributed by atoms with E-state index in [9.17, 15) is 4.79 Å². The molecule has 100 valence electrons. The second-order valence-electron chi connectivity index (χ2n) is 4.56. The molecule has 0 aliphatic heterocycles. The highest BCUT2D eigenvalue weighted by Crippen LogP contribution is 2.27. The zero-order valence-electron chi connectivity index (χ0n) is 10.1. The molecule has 1 saturated carbocycles. The van der Waals surface area contributed by atoms with E-state index < -0.39 is 0 Å². The number of imidazole rings is 1. The first kappa shape index (κ1) is 12.3. The van der Waals surface area contributed by atoms with Gasteiger partial charge in [-0.1, -0.05) is 11.6 Å². The van der Waals surface area contributed by atoms with Crippen LogP contribution < -0.4 is 10.6 Å². The maximum atomic E-state index is 11.7. The van der Waals surface area contributed by atoms with Gasteiger partial charge in [0.1, 0.15) is 5.52 Å². The lowest BCUT2D eigenvalue weighted by molar-refractivity contribution is -0.115. The number of nitrogens with one attached hydrogen (secondary N) is 3. The van der Waals surface area contributed by atoms with Gasteiger partial charge in [0, 0.05) is 0 Å². The van der Waals surface area contributed by atoms with Crippen molar-refractivity contribution in [2.45, 2.75) is 12.8 Å². The third kappa shape index (κ3) is 2.99. The summed E-state index contributed by atoms with van der Waals surface area (Å²) in [6, 6.07) is 0. The predicted octanol–water partition coefficient (Wildman–Crippen LogP) is 0.944. The highest BCUT2D eigenvalue weighted by molar-refractivity contribution is 6.33. The molecule has 3 N–H and O–H groups in total. The van der Waals surface area contributed by atoms with Crippen LogP contribution in [0.4, 0.5) is 5.95 Å². The summed E-state index contributed by atoms with van der Waals surface area (Å²) in [6.45, 7) is 1.13. The Labute approximate surface area is 114 Å². The van der Waals surface area contributed by atoms with Crippen molar-refractivity contribution in [3.63, 3.8) is 0 Å². The number of anilines is 1. The molecule has 1 fully saturated rings. The summed E-state index contributed by atoms with van der Waals surface area (Å²) < 4.78 is 0. The Hall–Kier alpha value is -1.73. The number of hydrogen-bond acceptors (Lipinski definition) is 5. The number of nitrogens with zero attached hydrogens (tertiary/aromatic N) is 3. The topological polar surface area (TPSA) is 95.6 Å². The summed E-state index contributed by atoms with van der Waals surface area (Å²) in [7, 11) is 0. The molecule has 0 radical (unpaired) electrons. The number of hydrogen-bond donors (Lipinski definition) is 3. The molecule has 8 heteroatoms. The molecule has 2 aromatic rings. The first-order valence-corrected chi connectivity index (χ1v) is 6.47. The fraction of sp³-hybridized carbons (Fsp3) is 0.455. The number of rotatable bonds is 5. The molecule has 19 heavy (non-hydrogen) atoms. The molecular formula is C11H13ClN6O. The van der Waals surface area contributed by atoms with Crippen molar-refractivity contribution >= 4 is 34.6 Å². The molecule has 0 saturated heterocycles. The quantitative estimate of drug-likeness (QED) is 0.709. The van der Waals surface area contributed by atoms with Gasteiger partial charge in [0.15, 0.2) is 10.8 Å². The van der Waals surface area contributed by atoms with Crippen LogP contribution in [0.3, 0.4) is 0 Å². The zero-order chi connectivity index (χ0) is 13.2. The monoisotopic (exact) mass is 280 g/mol. The van der Waals surface area contributed by atoms with E-state index in [-0.39, 0.29) is 23.6 Å². The van der Waals surface area contributed by atoms with E-state index in [1.165, 1.54) is 19.2 Å². The van der Waals surface area contributed by atoms with Crippen LogP contribution >= 0.6 is 11.6 Å². The van der Waals surface area contributed by atoms with Crippen molar-refractivity contribution in [2.24, 2.45) is 5.92 Å². The van der Waals surface area contributed by atoms with Crippen molar-refractivity contribution in [2.75, 3.05) is 18.4 Å². The molecule has 1 aliphatic rings. The molecular weight excluding hydrogens is 268 g/mol. The SMILES string of the molecule is O=C(CNCC1CC1)Nc1nc(Cl)c2[nH]cnc2n1. The summed E-state index contributed by atoms with van der Waals surface area (Å²) in [6.07, 6.45) is 3.99. The molecule has 0 atom stereocenters. The molecule has 2 heterocycles. The largest absolute Gasteiger partial charge is 0.341 e. The first-order valence-electron chi connectivity index (χ1n) is 6.09. The summed E-state index contributed by atoms with van der Waals surface area (Å²) in [5, 5.41) is 5.93. The van der Waals surface area contributed by atoms with E-state index in [2.05, 4.69) is 30.6 Å². The van der Waals surface area contributed by atoms with Crippen LogP contribution in [0.1, 0.15) is 12.8 Å². The minimum atomic E-state index is -0.188. The van der Waals surface area contributed by atoms with E-state index in [1.807, 2.05) is 0 Å². The smallest absolute Gasteiger partial charge is 0.240 e. The van der Waals surface area contributed by atoms with Gasteiger partial charge < -0.3 is 10.3 Å². The molecule has 0 spiro atoms. The van der Waals surface area contributed by atoms with E-state index >= 15 is 0 Å². The highest BCUT2D eigenvalue weighted by atomic mass is 35.5. The molecule has 1 aliphatic carbocycles. The number of carbonyl (C=O) groups excluding carboxylic acids is 1. The average Bonchev–Trinajstić information content (AvgIpc) is 3.05. The fourth-order valence-electron chi connectivity index (χ4n) is 1.73. The Morgan fingerprint density at radius 1 is 1.47 bits per heavy atom. The Kier molecular flexibility index (Phi) is 3.31. The second-order valence-corrected chi connectivity index (χ2v) is 4.92. The van der Waals surface area contributed by atoms with Gasteiger partial charge in [-0.2, -0.15) is 9.97 Å². The Morgan fingerprint density at radius 2 is 2.32 bits per heavy atom. The zero-order valence-corrected chi connectivity index (χ0v) is 10.9. The maximum absolute atomic E-state index is 11.7. The van der Waals surface area contributed by atoms with Gasteiger partial charge >= 0.3 is 0 Å². The lowest BCUT2D eigenvalue weighted by atomic mass is 10.4. The third-order valence-corrected chi connectivity index (χ3v) is 3.18. The summed E-state index contributed by atoms with van der Waals surface area (Å²) in [5.74, 6) is 0.716. The molecule has 3 rings (SSSR count). The van der Waals surface area contributed by atoms with Crippen molar-refractivity contribution < 1.29 is 4.79 Å². The van der Waals surface area contributed by atoms with Gasteiger partial charge in [0.05, 0.1) is 12.9 Å². The fourth-order valence-corrected chi connectivity index (χ4v) is 1.95. The number of aromatic amines is 1. The molecule has 2 aromatic heterocycles. The van der Waals surface area contributed by atoms with Crippen LogP contribution in [-0.4, -0.2) is 38.9 Å². The molecule has 0 unspecified atom stereocenters. The minimum Gasteiger partial charge on any atom is -0.341 e. The van der Waals surface area contributed by atoms with E-state index in [0.717, 1.165) is 12.5 Å². The number of aromatic nitrogens is 4. The van der Waals surface area contributed by atoms with E-state index in [1.54, 1.807) is 0 Å². The van der Waals surface area contributed by atoms with Crippen LogP contribution in [0, 0.1) is 5.92 Å². The molecule has 0 aromatic carbocycles. The summed E-state index contributed by atoms with van der Waals surface area (Å²) in [5.41, 5.74) is 0.993. The van der Waals surface area contributed by atoms with Crippen LogP contribution in [0.2, 0.25) is 5.15 Å². The number of amides is 1. The van der Waals surface area contributed by atoms with Crippen molar-refractivity contribution in [1.29, 1.82) is 0 Å². The van der Waals surface area contributed by atoms with Crippen LogP contribution in [0.5, 0.6) is 0 Å². The second kappa shape index (κ2) is 5.10. The van der Waals surface area contributed by atoms with Crippen LogP contribution in [0.25, 0.3) is 11.2 Å². The number of fused-ring (bicyclic) bond motifs is 1. The predicted molar refractivity (Wildman–Crippen MR) is 70.9 cm³/mol. The molecule has 1 amide bonds. The number of halogens is 1. The lowest BCUT2D eigenvalue weighted by Crippen LogP contribution is -2.30. The molecule has 0 bridgehead atoms. The highest BCUT2D eigenvalue weighted by Gasteiger charge is 2.20. The number of H-pyrrole nitrogens is 1. The first-order chi connectivity index (χ1) is 9.22. The standard InChI is InChI=1S/C11H13ClN6O/c12-9-8-10(15-5-14-8)18-11(17-9)16-7(19)4-13-3-6-1-2-6/h5-6,13H,1-4H2,(H2,14,15,16,17,18,19). The van der Waals surface area contributed by atoms with Gasteiger partial charge in [0.2, 0.25) is 11.9 Å². The van der Waals surface area contributed by atoms with Crippen molar-refractivity contribution in [3.05, 3.63) is 11.5 Å². The van der Waals surface area contributed by atoms with Crippen LogP contribution in [-0.2, 0) is 4.79 Å². The van der Waals surface area contributed by atoms with Gasteiger partial charge in [-0.15, -0.1) is 0 Å². The average molecular weight is 281 g/mol. The van der Waals surface area contributed by atoms with Crippen molar-refractivity contribution in [1.82, 2.24) is 25.3 Å². The van der Waals surface area contributed by atoms with E-state index in [4.69, 9.17) is 11.6 Å². The van der Waals surface area contributed by atoms with Gasteiger partial charge in [-0.05, 0) is 25.3 Å². The maximum Gasteiger partial charge on any atom is 0.240 e. The van der Waals surface area contributed by atoms with E-state index in [0.29, 0.717) is 11.2 Å². The Morgan fingerprint density at radius 3 is 3.11 bits per heavy atom. The minimum absolute atomic E-state index is 0.169. The van der Waals surface area contributed by atoms with Gasteiger partial charge in [-0.3, -0.25) is 10.1 Å². The Bertz CT molecular complexity index is 608. The summed E-state index contributed by atoms with van der Waals surface area (Å²) >= 11 is 5.95. The van der Waals surface area contributed by atoms with Gasteiger partial charge in [0.25, 0.3) is 0 Å². The normalized spacial score (nSPS) is 14.8. The Balaban J connectivity index is 1.61.